The first kappa shape index (κ1) is 24.4. The molecule has 0 aliphatic rings. The minimum absolute atomic E-state index is 0. The average Bonchev–Trinajstić information content (AvgIpc) is 3.18. The van der Waals surface area contributed by atoms with E-state index in [0.29, 0.717) is 12.1 Å². The molecule has 0 atom stereocenters. The van der Waals surface area contributed by atoms with E-state index >= 15 is 0 Å². The third-order valence-electron chi connectivity index (χ3n) is 4.58. The van der Waals surface area contributed by atoms with Crippen molar-refractivity contribution in [3.05, 3.63) is 48.3 Å². The Morgan fingerprint density at radius 2 is 1.89 bits per heavy atom. The van der Waals surface area contributed by atoms with Crippen molar-refractivity contribution in [2.24, 2.45) is 4.99 Å². The van der Waals surface area contributed by atoms with Gasteiger partial charge in [-0.05, 0) is 57.9 Å². The van der Waals surface area contributed by atoms with Crippen molar-refractivity contribution >= 4 is 29.9 Å². The van der Waals surface area contributed by atoms with E-state index in [1.165, 1.54) is 5.56 Å². The predicted octanol–water partition coefficient (Wildman–Crippen LogP) is 3.66. The van der Waals surface area contributed by atoms with Crippen molar-refractivity contribution in [2.45, 2.75) is 52.7 Å². The van der Waals surface area contributed by atoms with Crippen molar-refractivity contribution in [1.29, 1.82) is 0 Å². The molecule has 0 spiro atoms. The smallest absolute Gasteiger partial charge is 0.191 e. The van der Waals surface area contributed by atoms with E-state index in [1.807, 2.05) is 24.0 Å². The van der Waals surface area contributed by atoms with Crippen LogP contribution in [0.15, 0.2) is 47.7 Å². The van der Waals surface area contributed by atoms with E-state index in [4.69, 9.17) is 0 Å². The third kappa shape index (κ3) is 7.79. The third-order valence-corrected chi connectivity index (χ3v) is 4.58. The molecular weight excluding hydrogens is 463 g/mol. The molecule has 2 N–H and O–H groups in total. The van der Waals surface area contributed by atoms with E-state index in [0.717, 1.165) is 37.7 Å². The van der Waals surface area contributed by atoms with E-state index in [9.17, 15) is 0 Å². The zero-order chi connectivity index (χ0) is 19.6. The van der Waals surface area contributed by atoms with Crippen LogP contribution < -0.4 is 10.6 Å². The fourth-order valence-electron chi connectivity index (χ4n) is 3.22. The van der Waals surface area contributed by atoms with Crippen molar-refractivity contribution < 1.29 is 0 Å². The molecule has 7 heteroatoms. The molecule has 0 aliphatic heterocycles. The number of aromatic nitrogens is 2. The molecule has 0 bridgehead atoms. The minimum Gasteiger partial charge on any atom is -0.356 e. The normalized spacial score (nSPS) is 11.8. The molecule has 0 fully saturated rings. The molecular formula is C21H35IN6. The molecule has 6 nitrogen and oxygen atoms in total. The largest absolute Gasteiger partial charge is 0.356 e. The molecule has 0 unspecified atom stereocenters. The van der Waals surface area contributed by atoms with Gasteiger partial charge in [0.15, 0.2) is 5.96 Å². The number of nitrogens with zero attached hydrogens (tertiary/aromatic N) is 4. The van der Waals surface area contributed by atoms with Crippen molar-refractivity contribution in [2.75, 3.05) is 20.1 Å². The summed E-state index contributed by atoms with van der Waals surface area (Å²) in [6, 6.07) is 11.4. The summed E-state index contributed by atoms with van der Waals surface area (Å²) in [5, 5.41) is 11.1. The van der Waals surface area contributed by atoms with Crippen LogP contribution in [0, 0.1) is 0 Å². The Labute approximate surface area is 186 Å². The Balaban J connectivity index is 0.00000392. The zero-order valence-corrected chi connectivity index (χ0v) is 20.1. The fraction of sp³-hybridized carbons (Fsp3) is 0.524. The lowest BCUT2D eigenvalue weighted by Crippen LogP contribution is -2.41. The highest BCUT2D eigenvalue weighted by Gasteiger charge is 2.12. The molecule has 1 aromatic heterocycles. The van der Waals surface area contributed by atoms with Gasteiger partial charge in [-0.15, -0.1) is 24.0 Å². The molecule has 0 amide bonds. The SMILES string of the molecule is CN=C(NCCCN(C(C)C)C(C)C)NCc1cccc(-n2cccn2)c1.I. The predicted molar refractivity (Wildman–Crippen MR) is 129 cm³/mol. The van der Waals surface area contributed by atoms with Gasteiger partial charge in [0, 0.05) is 51.2 Å². The molecule has 0 saturated carbocycles. The minimum atomic E-state index is 0. The second-order valence-electron chi connectivity index (χ2n) is 7.25. The summed E-state index contributed by atoms with van der Waals surface area (Å²) >= 11 is 0. The molecule has 156 valence electrons. The van der Waals surface area contributed by atoms with Gasteiger partial charge in [0.2, 0.25) is 0 Å². The van der Waals surface area contributed by atoms with Crippen molar-refractivity contribution in [3.8, 4) is 5.69 Å². The van der Waals surface area contributed by atoms with Gasteiger partial charge in [0.1, 0.15) is 0 Å². The van der Waals surface area contributed by atoms with Crippen molar-refractivity contribution in [3.63, 3.8) is 0 Å². The average molecular weight is 498 g/mol. The molecule has 0 radical (unpaired) electrons. The number of hydrogen-bond donors (Lipinski definition) is 2. The first-order valence-corrected chi connectivity index (χ1v) is 9.80. The summed E-state index contributed by atoms with van der Waals surface area (Å²) in [4.78, 5) is 6.84. The maximum absolute atomic E-state index is 4.33. The number of hydrogen-bond acceptors (Lipinski definition) is 3. The van der Waals surface area contributed by atoms with Gasteiger partial charge < -0.3 is 10.6 Å². The second kappa shape index (κ2) is 12.8. The lowest BCUT2D eigenvalue weighted by molar-refractivity contribution is 0.173. The van der Waals surface area contributed by atoms with E-state index in [2.05, 4.69) is 77.6 Å². The Morgan fingerprint density at radius 3 is 2.50 bits per heavy atom. The quantitative estimate of drug-likeness (QED) is 0.240. The number of guanidine groups is 1. The Kier molecular flexibility index (Phi) is 11.1. The fourth-order valence-corrected chi connectivity index (χ4v) is 3.22. The monoisotopic (exact) mass is 498 g/mol. The molecule has 1 aromatic carbocycles. The molecule has 0 saturated heterocycles. The van der Waals surface area contributed by atoms with Crippen LogP contribution in [0.5, 0.6) is 0 Å². The topological polar surface area (TPSA) is 57.5 Å². The van der Waals surface area contributed by atoms with E-state index in [-0.39, 0.29) is 24.0 Å². The van der Waals surface area contributed by atoms with Gasteiger partial charge >= 0.3 is 0 Å². The van der Waals surface area contributed by atoms with Crippen LogP contribution >= 0.6 is 24.0 Å². The molecule has 0 aliphatic carbocycles. The molecule has 2 aromatic rings. The highest BCUT2D eigenvalue weighted by Crippen LogP contribution is 2.09. The van der Waals surface area contributed by atoms with E-state index < -0.39 is 0 Å². The zero-order valence-electron chi connectivity index (χ0n) is 17.7. The molecule has 28 heavy (non-hydrogen) atoms. The summed E-state index contributed by atoms with van der Waals surface area (Å²) in [6.45, 7) is 11.7. The van der Waals surface area contributed by atoms with Gasteiger partial charge in [-0.25, -0.2) is 4.68 Å². The Morgan fingerprint density at radius 1 is 1.14 bits per heavy atom. The number of rotatable bonds is 9. The van der Waals surface area contributed by atoms with E-state index in [1.54, 1.807) is 6.20 Å². The highest BCUT2D eigenvalue weighted by molar-refractivity contribution is 14.0. The summed E-state index contributed by atoms with van der Waals surface area (Å²) in [6.07, 6.45) is 4.83. The van der Waals surface area contributed by atoms with Gasteiger partial charge in [0.25, 0.3) is 0 Å². The van der Waals surface area contributed by atoms with Gasteiger partial charge in [-0.3, -0.25) is 9.89 Å². The lowest BCUT2D eigenvalue weighted by atomic mass is 10.2. The van der Waals surface area contributed by atoms with Crippen LogP contribution in [-0.2, 0) is 6.54 Å². The van der Waals surface area contributed by atoms with Crippen LogP contribution in [-0.4, -0.2) is 52.9 Å². The number of aliphatic imine (C=N–C) groups is 1. The van der Waals surface area contributed by atoms with Crippen LogP contribution in [0.25, 0.3) is 5.69 Å². The van der Waals surface area contributed by atoms with Gasteiger partial charge in [-0.2, -0.15) is 5.10 Å². The molecule has 1 heterocycles. The number of halogens is 1. The summed E-state index contributed by atoms with van der Waals surface area (Å²) in [5.74, 6) is 0.833. The second-order valence-corrected chi connectivity index (χ2v) is 7.25. The molecule has 2 rings (SSSR count). The maximum atomic E-state index is 4.33. The Hall–Kier alpha value is -1.61. The van der Waals surface area contributed by atoms with Crippen molar-refractivity contribution in [1.82, 2.24) is 25.3 Å². The number of nitrogens with one attached hydrogen (secondary N) is 2. The van der Waals surface area contributed by atoms with Crippen LogP contribution in [0.3, 0.4) is 0 Å². The van der Waals surface area contributed by atoms with Crippen LogP contribution in [0.2, 0.25) is 0 Å². The number of benzene rings is 1. The first-order valence-electron chi connectivity index (χ1n) is 9.80. The standard InChI is InChI=1S/C21H34N6.HI/c1-17(2)26(18(3)4)13-7-11-23-21(22-5)24-16-19-9-6-10-20(15-19)27-14-8-12-25-27;/h6,8-10,12,14-15,17-18H,7,11,13,16H2,1-5H3,(H2,22,23,24);1H. The van der Waals surface area contributed by atoms with Gasteiger partial charge in [0.05, 0.1) is 5.69 Å². The first-order chi connectivity index (χ1) is 13.0. The summed E-state index contributed by atoms with van der Waals surface area (Å²) < 4.78 is 1.87. The van der Waals surface area contributed by atoms with Gasteiger partial charge in [-0.1, -0.05) is 12.1 Å². The Bertz CT molecular complexity index is 689. The summed E-state index contributed by atoms with van der Waals surface area (Å²) in [5.41, 5.74) is 2.25. The lowest BCUT2D eigenvalue weighted by Gasteiger charge is -2.30. The summed E-state index contributed by atoms with van der Waals surface area (Å²) in [7, 11) is 1.81. The van der Waals surface area contributed by atoms with Crippen LogP contribution in [0.1, 0.15) is 39.7 Å². The highest BCUT2D eigenvalue weighted by atomic mass is 127. The maximum Gasteiger partial charge on any atom is 0.191 e. The van der Waals surface area contributed by atoms with Crippen LogP contribution in [0.4, 0.5) is 0 Å².